The van der Waals surface area contributed by atoms with Crippen molar-refractivity contribution in [1.82, 2.24) is 15.1 Å². The molecule has 0 radical (unpaired) electrons. The normalized spacial score (nSPS) is 13.0. The summed E-state index contributed by atoms with van der Waals surface area (Å²) in [5, 5.41) is 11.1. The summed E-state index contributed by atoms with van der Waals surface area (Å²) >= 11 is 5.94. The van der Waals surface area contributed by atoms with Crippen molar-refractivity contribution in [2.75, 3.05) is 25.1 Å². The van der Waals surface area contributed by atoms with Gasteiger partial charge in [0.1, 0.15) is 13.2 Å². The lowest BCUT2D eigenvalue weighted by atomic mass is 10.1. The molecule has 0 unspecified atom stereocenters. The number of guanidine groups is 1. The van der Waals surface area contributed by atoms with Gasteiger partial charge >= 0.3 is 0 Å². The summed E-state index contributed by atoms with van der Waals surface area (Å²) < 4.78 is 13.1. The Kier molecular flexibility index (Phi) is 6.84. The molecule has 0 aliphatic carbocycles. The summed E-state index contributed by atoms with van der Waals surface area (Å²) in [7, 11) is 1.93. The number of aromatic nitrogens is 2. The van der Waals surface area contributed by atoms with E-state index in [4.69, 9.17) is 21.1 Å². The van der Waals surface area contributed by atoms with E-state index in [-0.39, 0.29) is 5.91 Å². The SMILES string of the molecule is Cc1nn(C)c(C)c1CCN=C(NC(=O)c1ccc(Cl)cc1)Nc1ccc2c(c1)OCCO2. The Bertz CT molecular complexity index is 1190. The molecule has 0 spiro atoms. The van der Waals surface area contributed by atoms with Gasteiger partial charge in [0, 0.05) is 41.6 Å². The van der Waals surface area contributed by atoms with Crippen LogP contribution < -0.4 is 20.1 Å². The van der Waals surface area contributed by atoms with E-state index in [1.165, 1.54) is 0 Å². The highest BCUT2D eigenvalue weighted by Gasteiger charge is 2.15. The van der Waals surface area contributed by atoms with Gasteiger partial charge in [-0.1, -0.05) is 11.6 Å². The number of anilines is 1. The van der Waals surface area contributed by atoms with E-state index in [0.29, 0.717) is 54.2 Å². The largest absolute Gasteiger partial charge is 0.486 e. The summed E-state index contributed by atoms with van der Waals surface area (Å²) in [6, 6.07) is 12.2. The quantitative estimate of drug-likeness (QED) is 0.438. The molecule has 2 aromatic carbocycles. The second-order valence-corrected chi connectivity index (χ2v) is 8.13. The van der Waals surface area contributed by atoms with Crippen LogP contribution in [0.2, 0.25) is 5.02 Å². The van der Waals surface area contributed by atoms with Crippen molar-refractivity contribution in [2.45, 2.75) is 20.3 Å². The van der Waals surface area contributed by atoms with Gasteiger partial charge < -0.3 is 14.8 Å². The molecule has 0 saturated carbocycles. The molecule has 3 aromatic rings. The monoisotopic (exact) mass is 467 g/mol. The van der Waals surface area contributed by atoms with Crippen LogP contribution in [0.4, 0.5) is 5.69 Å². The van der Waals surface area contributed by atoms with Crippen LogP contribution in [0.25, 0.3) is 0 Å². The van der Waals surface area contributed by atoms with E-state index in [0.717, 1.165) is 22.6 Å². The number of benzene rings is 2. The lowest BCUT2D eigenvalue weighted by molar-refractivity contribution is 0.0977. The van der Waals surface area contributed by atoms with Gasteiger partial charge in [-0.15, -0.1) is 0 Å². The van der Waals surface area contributed by atoms with Gasteiger partial charge in [0.25, 0.3) is 5.91 Å². The number of rotatable bonds is 5. The number of ether oxygens (including phenoxy) is 2. The minimum Gasteiger partial charge on any atom is -0.486 e. The van der Waals surface area contributed by atoms with Gasteiger partial charge in [0.05, 0.1) is 5.69 Å². The molecule has 2 heterocycles. The standard InChI is InChI=1S/C24H26ClN5O3/c1-15-20(16(2)30(3)29-15)10-11-26-24(28-23(31)17-4-6-18(25)7-5-17)27-19-8-9-21-22(14-19)33-13-12-32-21/h4-9,14H,10-13H2,1-3H3,(H2,26,27,28,31). The molecular weight excluding hydrogens is 442 g/mol. The first-order chi connectivity index (χ1) is 15.9. The Labute approximate surface area is 197 Å². The Hall–Kier alpha value is -3.52. The summed E-state index contributed by atoms with van der Waals surface area (Å²) in [4.78, 5) is 17.4. The average molecular weight is 468 g/mol. The van der Waals surface area contributed by atoms with Gasteiger partial charge in [-0.25, -0.2) is 0 Å². The maximum atomic E-state index is 12.8. The molecule has 0 atom stereocenters. The smallest absolute Gasteiger partial charge is 0.257 e. The minimum atomic E-state index is -0.288. The molecule has 172 valence electrons. The third-order valence-electron chi connectivity index (χ3n) is 5.43. The van der Waals surface area contributed by atoms with Crippen LogP contribution in [0.1, 0.15) is 27.3 Å². The predicted molar refractivity (Wildman–Crippen MR) is 129 cm³/mol. The highest BCUT2D eigenvalue weighted by atomic mass is 35.5. The maximum absolute atomic E-state index is 12.8. The molecule has 8 nitrogen and oxygen atoms in total. The van der Waals surface area contributed by atoms with Crippen molar-refractivity contribution in [1.29, 1.82) is 0 Å². The van der Waals surface area contributed by atoms with Crippen LogP contribution in [-0.2, 0) is 13.5 Å². The Morgan fingerprint density at radius 3 is 2.55 bits per heavy atom. The summed E-state index contributed by atoms with van der Waals surface area (Å²) in [5.41, 5.74) is 4.45. The van der Waals surface area contributed by atoms with Crippen LogP contribution in [-0.4, -0.2) is 41.4 Å². The molecule has 33 heavy (non-hydrogen) atoms. The maximum Gasteiger partial charge on any atom is 0.257 e. The van der Waals surface area contributed by atoms with E-state index in [1.54, 1.807) is 24.3 Å². The second-order valence-electron chi connectivity index (χ2n) is 7.70. The first-order valence-electron chi connectivity index (χ1n) is 10.7. The summed E-state index contributed by atoms with van der Waals surface area (Å²) in [5.74, 6) is 1.39. The lowest BCUT2D eigenvalue weighted by Gasteiger charge is -2.19. The van der Waals surface area contributed by atoms with Gasteiger partial charge in [0.15, 0.2) is 11.5 Å². The Balaban J connectivity index is 1.53. The number of carbonyl (C=O) groups is 1. The third-order valence-corrected chi connectivity index (χ3v) is 5.69. The molecule has 2 N–H and O–H groups in total. The molecular formula is C24H26ClN5O3. The third kappa shape index (κ3) is 5.46. The molecule has 1 aliphatic rings. The summed E-state index contributed by atoms with van der Waals surface area (Å²) in [6.45, 7) is 5.52. The van der Waals surface area contributed by atoms with Gasteiger partial charge in [-0.3, -0.25) is 19.8 Å². The number of nitrogens with zero attached hydrogens (tertiary/aromatic N) is 3. The number of hydrogen-bond donors (Lipinski definition) is 2. The highest BCUT2D eigenvalue weighted by molar-refractivity contribution is 6.30. The first-order valence-corrected chi connectivity index (χ1v) is 11.1. The number of aryl methyl sites for hydroxylation is 2. The zero-order valence-electron chi connectivity index (χ0n) is 18.8. The number of hydrogen-bond acceptors (Lipinski definition) is 5. The first kappa shape index (κ1) is 22.7. The van der Waals surface area contributed by atoms with Crippen LogP contribution in [0.5, 0.6) is 11.5 Å². The molecule has 0 saturated heterocycles. The van der Waals surface area contributed by atoms with Crippen molar-refractivity contribution < 1.29 is 14.3 Å². The van der Waals surface area contributed by atoms with Crippen molar-refractivity contribution in [3.8, 4) is 11.5 Å². The highest BCUT2D eigenvalue weighted by Crippen LogP contribution is 2.32. The van der Waals surface area contributed by atoms with Gasteiger partial charge in [-0.05, 0) is 62.2 Å². The van der Waals surface area contributed by atoms with E-state index >= 15 is 0 Å². The Morgan fingerprint density at radius 1 is 1.12 bits per heavy atom. The number of aliphatic imine (C=N–C) groups is 1. The van der Waals surface area contributed by atoms with Crippen molar-refractivity contribution >= 4 is 29.2 Å². The molecule has 1 aromatic heterocycles. The van der Waals surface area contributed by atoms with Crippen LogP contribution >= 0.6 is 11.6 Å². The van der Waals surface area contributed by atoms with Crippen LogP contribution in [0, 0.1) is 13.8 Å². The van der Waals surface area contributed by atoms with E-state index < -0.39 is 0 Å². The fourth-order valence-corrected chi connectivity index (χ4v) is 3.73. The number of fused-ring (bicyclic) bond motifs is 1. The Morgan fingerprint density at radius 2 is 1.85 bits per heavy atom. The molecule has 4 rings (SSSR count). The fraction of sp³-hybridized carbons (Fsp3) is 0.292. The number of halogens is 1. The predicted octanol–water partition coefficient (Wildman–Crippen LogP) is 3.90. The molecule has 9 heteroatoms. The second kappa shape index (κ2) is 9.95. The zero-order valence-corrected chi connectivity index (χ0v) is 19.6. The number of nitrogens with one attached hydrogen (secondary N) is 2. The molecule has 1 aliphatic heterocycles. The number of carbonyl (C=O) groups excluding carboxylic acids is 1. The lowest BCUT2D eigenvalue weighted by Crippen LogP contribution is -2.36. The van der Waals surface area contributed by atoms with E-state index in [1.807, 2.05) is 43.8 Å². The van der Waals surface area contributed by atoms with E-state index in [9.17, 15) is 4.79 Å². The summed E-state index contributed by atoms with van der Waals surface area (Å²) in [6.07, 6.45) is 0.703. The van der Waals surface area contributed by atoms with Crippen molar-refractivity contribution in [2.24, 2.45) is 12.0 Å². The van der Waals surface area contributed by atoms with Crippen LogP contribution in [0.3, 0.4) is 0 Å². The molecule has 0 bridgehead atoms. The van der Waals surface area contributed by atoms with Crippen molar-refractivity contribution in [3.63, 3.8) is 0 Å². The van der Waals surface area contributed by atoms with Gasteiger partial charge in [0.2, 0.25) is 5.96 Å². The van der Waals surface area contributed by atoms with E-state index in [2.05, 4.69) is 20.7 Å². The molecule has 1 amide bonds. The van der Waals surface area contributed by atoms with Crippen molar-refractivity contribution in [3.05, 3.63) is 70.0 Å². The van der Waals surface area contributed by atoms with Crippen LogP contribution in [0.15, 0.2) is 47.5 Å². The van der Waals surface area contributed by atoms with Gasteiger partial charge in [-0.2, -0.15) is 5.10 Å². The topological polar surface area (TPSA) is 89.8 Å². The molecule has 0 fully saturated rings. The minimum absolute atomic E-state index is 0.288. The average Bonchev–Trinajstić information content (AvgIpc) is 3.05. The fourth-order valence-electron chi connectivity index (χ4n) is 3.61. The zero-order chi connectivity index (χ0) is 23.4. The number of amides is 1.